The summed E-state index contributed by atoms with van der Waals surface area (Å²) < 4.78 is 16.1. The summed E-state index contributed by atoms with van der Waals surface area (Å²) in [5.74, 6) is 1.92. The lowest BCUT2D eigenvalue weighted by atomic mass is 10.0. The molecule has 0 spiro atoms. The Morgan fingerprint density at radius 2 is 1.82 bits per heavy atom. The topological polar surface area (TPSA) is 81.3 Å². The SMILES string of the molecule is COc1ccc(C(CN=C(N)Nc2ccccc2OC)N2CCOCC2)cc1. The second-order valence-corrected chi connectivity index (χ2v) is 6.49. The van der Waals surface area contributed by atoms with Crippen LogP contribution in [-0.4, -0.2) is 57.9 Å². The number of aliphatic imine (C=N–C) groups is 1. The first-order valence-electron chi connectivity index (χ1n) is 9.37. The maximum atomic E-state index is 6.15. The van der Waals surface area contributed by atoms with Crippen LogP contribution < -0.4 is 20.5 Å². The van der Waals surface area contributed by atoms with E-state index < -0.39 is 0 Å². The van der Waals surface area contributed by atoms with Gasteiger partial charge in [0.25, 0.3) is 0 Å². The number of ether oxygens (including phenoxy) is 3. The van der Waals surface area contributed by atoms with E-state index in [2.05, 4.69) is 27.3 Å². The minimum Gasteiger partial charge on any atom is -0.497 e. The number of rotatable bonds is 7. The smallest absolute Gasteiger partial charge is 0.193 e. The highest BCUT2D eigenvalue weighted by Crippen LogP contribution is 2.25. The van der Waals surface area contributed by atoms with Crippen LogP contribution in [0.4, 0.5) is 5.69 Å². The number of hydrogen-bond acceptors (Lipinski definition) is 5. The zero-order valence-electron chi connectivity index (χ0n) is 16.4. The Morgan fingerprint density at radius 3 is 2.50 bits per heavy atom. The van der Waals surface area contributed by atoms with E-state index in [1.165, 1.54) is 5.56 Å². The average Bonchev–Trinajstić information content (AvgIpc) is 2.75. The largest absolute Gasteiger partial charge is 0.497 e. The minimum absolute atomic E-state index is 0.118. The van der Waals surface area contributed by atoms with Crippen LogP contribution in [0.2, 0.25) is 0 Å². The monoisotopic (exact) mass is 384 g/mol. The van der Waals surface area contributed by atoms with Crippen LogP contribution in [0.1, 0.15) is 11.6 Å². The van der Waals surface area contributed by atoms with Gasteiger partial charge in [0.15, 0.2) is 5.96 Å². The predicted octanol–water partition coefficient (Wildman–Crippen LogP) is 2.50. The van der Waals surface area contributed by atoms with Crippen LogP contribution in [0.15, 0.2) is 53.5 Å². The normalized spacial score (nSPS) is 16.4. The molecule has 2 aromatic rings. The summed E-state index contributed by atoms with van der Waals surface area (Å²) in [6.07, 6.45) is 0. The Morgan fingerprint density at radius 1 is 1.11 bits per heavy atom. The number of anilines is 1. The molecule has 1 fully saturated rings. The van der Waals surface area contributed by atoms with Crippen molar-refractivity contribution in [2.45, 2.75) is 6.04 Å². The van der Waals surface area contributed by atoms with Gasteiger partial charge >= 0.3 is 0 Å². The van der Waals surface area contributed by atoms with Gasteiger partial charge in [0, 0.05) is 13.1 Å². The van der Waals surface area contributed by atoms with E-state index in [1.807, 2.05) is 36.4 Å². The van der Waals surface area contributed by atoms with E-state index in [9.17, 15) is 0 Å². The molecule has 1 atom stereocenters. The maximum absolute atomic E-state index is 6.15. The van der Waals surface area contributed by atoms with E-state index in [-0.39, 0.29) is 6.04 Å². The van der Waals surface area contributed by atoms with E-state index in [0.29, 0.717) is 12.5 Å². The molecule has 0 aliphatic carbocycles. The quantitative estimate of drug-likeness (QED) is 0.564. The number of guanidine groups is 1. The van der Waals surface area contributed by atoms with E-state index in [4.69, 9.17) is 19.9 Å². The summed E-state index contributed by atoms with van der Waals surface area (Å²) >= 11 is 0. The van der Waals surface area contributed by atoms with Gasteiger partial charge < -0.3 is 25.3 Å². The summed E-state index contributed by atoms with van der Waals surface area (Å²) in [4.78, 5) is 6.98. The van der Waals surface area contributed by atoms with Gasteiger partial charge in [0.1, 0.15) is 11.5 Å². The molecule has 150 valence electrons. The van der Waals surface area contributed by atoms with Crippen LogP contribution in [0.25, 0.3) is 0 Å². The molecule has 3 N–H and O–H groups in total. The number of hydrogen-bond donors (Lipinski definition) is 2. The maximum Gasteiger partial charge on any atom is 0.193 e. The van der Waals surface area contributed by atoms with Crippen molar-refractivity contribution in [3.63, 3.8) is 0 Å². The van der Waals surface area contributed by atoms with Gasteiger partial charge in [-0.15, -0.1) is 0 Å². The van der Waals surface area contributed by atoms with Crippen molar-refractivity contribution in [1.82, 2.24) is 4.90 Å². The molecule has 28 heavy (non-hydrogen) atoms. The van der Waals surface area contributed by atoms with Gasteiger partial charge in [-0.1, -0.05) is 24.3 Å². The Kier molecular flexibility index (Phi) is 7.11. The molecule has 3 rings (SSSR count). The molecule has 0 bridgehead atoms. The molecule has 7 heteroatoms. The Balaban J connectivity index is 1.75. The molecule has 7 nitrogen and oxygen atoms in total. The molecule has 1 saturated heterocycles. The van der Waals surface area contributed by atoms with Crippen molar-refractivity contribution in [2.75, 3.05) is 52.4 Å². The lowest BCUT2D eigenvalue weighted by molar-refractivity contribution is 0.0180. The molecule has 1 aliphatic rings. The van der Waals surface area contributed by atoms with Crippen molar-refractivity contribution in [1.29, 1.82) is 0 Å². The summed E-state index contributed by atoms with van der Waals surface area (Å²) in [5, 5.41) is 3.13. The van der Waals surface area contributed by atoms with E-state index in [1.54, 1.807) is 14.2 Å². The second-order valence-electron chi connectivity index (χ2n) is 6.49. The fourth-order valence-electron chi connectivity index (χ4n) is 3.26. The molecule has 1 aliphatic heterocycles. The van der Waals surface area contributed by atoms with E-state index >= 15 is 0 Å². The van der Waals surface area contributed by atoms with E-state index in [0.717, 1.165) is 43.5 Å². The molecule has 2 aromatic carbocycles. The molecular weight excluding hydrogens is 356 g/mol. The highest BCUT2D eigenvalue weighted by Gasteiger charge is 2.22. The number of morpholine rings is 1. The third-order valence-electron chi connectivity index (χ3n) is 4.79. The molecule has 1 unspecified atom stereocenters. The van der Waals surface area contributed by atoms with Gasteiger partial charge in [-0.2, -0.15) is 0 Å². The number of methoxy groups -OCH3 is 2. The van der Waals surface area contributed by atoms with Gasteiger partial charge in [-0.25, -0.2) is 0 Å². The minimum atomic E-state index is 0.118. The van der Waals surface area contributed by atoms with Crippen molar-refractivity contribution in [2.24, 2.45) is 10.7 Å². The van der Waals surface area contributed by atoms with Crippen molar-refractivity contribution in [3.05, 3.63) is 54.1 Å². The number of nitrogens with zero attached hydrogens (tertiary/aromatic N) is 2. The van der Waals surface area contributed by atoms with Crippen LogP contribution >= 0.6 is 0 Å². The van der Waals surface area contributed by atoms with Crippen molar-refractivity contribution >= 4 is 11.6 Å². The van der Waals surface area contributed by atoms with Crippen LogP contribution in [0, 0.1) is 0 Å². The van der Waals surface area contributed by atoms with Gasteiger partial charge in [0.05, 0.1) is 45.7 Å². The standard InChI is InChI=1S/C21H28N4O3/c1-26-17-9-7-16(8-10-17)19(25-11-13-28-14-12-25)15-23-21(22)24-18-5-3-4-6-20(18)27-2/h3-10,19H,11-15H2,1-2H3,(H3,22,23,24). The Bertz CT molecular complexity index is 773. The number of nitrogens with two attached hydrogens (primary N) is 1. The molecule has 0 saturated carbocycles. The van der Waals surface area contributed by atoms with Gasteiger partial charge in [-0.05, 0) is 29.8 Å². The molecule has 0 amide bonds. The van der Waals surface area contributed by atoms with Crippen LogP contribution in [-0.2, 0) is 4.74 Å². The first-order chi connectivity index (χ1) is 13.7. The van der Waals surface area contributed by atoms with Crippen molar-refractivity contribution in [3.8, 4) is 11.5 Å². The predicted molar refractivity (Wildman–Crippen MR) is 111 cm³/mol. The third kappa shape index (κ3) is 5.15. The number of nitrogens with one attached hydrogen (secondary N) is 1. The average molecular weight is 384 g/mol. The number of para-hydroxylation sites is 2. The summed E-state index contributed by atoms with van der Waals surface area (Å²) in [6, 6.07) is 15.9. The zero-order chi connectivity index (χ0) is 19.8. The van der Waals surface area contributed by atoms with Gasteiger partial charge in [-0.3, -0.25) is 9.89 Å². The molecule has 0 aromatic heterocycles. The highest BCUT2D eigenvalue weighted by atomic mass is 16.5. The zero-order valence-corrected chi connectivity index (χ0v) is 16.4. The summed E-state index contributed by atoms with van der Waals surface area (Å²) in [5.41, 5.74) is 8.12. The van der Waals surface area contributed by atoms with Crippen LogP contribution in [0.3, 0.4) is 0 Å². The second kappa shape index (κ2) is 9.96. The first kappa shape index (κ1) is 20.0. The fraction of sp³-hybridized carbons (Fsp3) is 0.381. The van der Waals surface area contributed by atoms with Gasteiger partial charge in [0.2, 0.25) is 0 Å². The summed E-state index contributed by atoms with van der Waals surface area (Å²) in [7, 11) is 3.30. The Labute approximate surface area is 166 Å². The highest BCUT2D eigenvalue weighted by molar-refractivity contribution is 5.93. The molecule has 0 radical (unpaired) electrons. The number of benzene rings is 2. The molecular formula is C21H28N4O3. The van der Waals surface area contributed by atoms with Crippen molar-refractivity contribution < 1.29 is 14.2 Å². The first-order valence-corrected chi connectivity index (χ1v) is 9.37. The Hall–Kier alpha value is -2.77. The van der Waals surface area contributed by atoms with Crippen LogP contribution in [0.5, 0.6) is 11.5 Å². The summed E-state index contributed by atoms with van der Waals surface area (Å²) in [6.45, 7) is 3.73. The third-order valence-corrected chi connectivity index (χ3v) is 4.79. The lowest BCUT2D eigenvalue weighted by Gasteiger charge is -2.34. The lowest BCUT2D eigenvalue weighted by Crippen LogP contribution is -2.40. The molecule has 1 heterocycles. The fourth-order valence-corrected chi connectivity index (χ4v) is 3.26.